The van der Waals surface area contributed by atoms with Crippen LogP contribution in [0.15, 0.2) is 54.6 Å². The molecule has 0 radical (unpaired) electrons. The van der Waals surface area contributed by atoms with Gasteiger partial charge >= 0.3 is 0 Å². The molecular formula is C29H41N3O4. The standard InChI is InChI=1S/C29H41N3O4/c1-7-22(4)32(17-24(33)20-35-19-21(2)3)18-27-28(23-11-9-8-10-12-23)30-31(5)29(27)36-26-15-13-25(34-6)14-16-26/h8-16,21-22,24,33H,7,17-20H2,1-6H3/t22-,24+/m0/s1. The Morgan fingerprint density at radius 1 is 0.972 bits per heavy atom. The summed E-state index contributed by atoms with van der Waals surface area (Å²) in [6, 6.07) is 17.9. The summed E-state index contributed by atoms with van der Waals surface area (Å²) in [5.41, 5.74) is 2.88. The predicted molar refractivity (Wildman–Crippen MR) is 144 cm³/mol. The lowest BCUT2D eigenvalue weighted by atomic mass is 10.1. The topological polar surface area (TPSA) is 69.0 Å². The van der Waals surface area contributed by atoms with E-state index in [2.05, 4.69) is 44.7 Å². The molecule has 0 amide bonds. The maximum atomic E-state index is 10.8. The van der Waals surface area contributed by atoms with Gasteiger partial charge < -0.3 is 19.3 Å². The van der Waals surface area contributed by atoms with Crippen LogP contribution in [0.3, 0.4) is 0 Å². The predicted octanol–water partition coefficient (Wildman–Crippen LogP) is 5.52. The Kier molecular flexibility index (Phi) is 10.3. The lowest BCUT2D eigenvalue weighted by Gasteiger charge is -2.30. The van der Waals surface area contributed by atoms with Crippen molar-refractivity contribution in [1.29, 1.82) is 0 Å². The SMILES string of the molecule is CC[C@H](C)N(Cc1c(-c2ccccc2)nn(C)c1Oc1ccc(OC)cc1)C[C@@H](O)COCC(C)C. The second kappa shape index (κ2) is 13.4. The zero-order valence-electron chi connectivity index (χ0n) is 22.5. The van der Waals surface area contributed by atoms with Gasteiger partial charge in [0.25, 0.3) is 0 Å². The molecule has 7 heteroatoms. The van der Waals surface area contributed by atoms with Gasteiger partial charge in [0.1, 0.15) is 17.2 Å². The Bertz CT molecular complexity index is 1050. The zero-order chi connectivity index (χ0) is 26.1. The Hall–Kier alpha value is -2.87. The van der Waals surface area contributed by atoms with Gasteiger partial charge in [-0.05, 0) is 43.5 Å². The number of nitrogens with zero attached hydrogens (tertiary/aromatic N) is 3. The van der Waals surface area contributed by atoms with Crippen molar-refractivity contribution >= 4 is 0 Å². The largest absolute Gasteiger partial charge is 0.497 e. The molecule has 1 aromatic heterocycles. The fourth-order valence-corrected chi connectivity index (χ4v) is 4.03. The molecule has 2 atom stereocenters. The monoisotopic (exact) mass is 495 g/mol. The van der Waals surface area contributed by atoms with Gasteiger partial charge in [-0.15, -0.1) is 0 Å². The van der Waals surface area contributed by atoms with E-state index in [4.69, 9.17) is 19.3 Å². The van der Waals surface area contributed by atoms with Crippen LogP contribution in [-0.2, 0) is 18.3 Å². The van der Waals surface area contributed by atoms with Crippen LogP contribution in [0.1, 0.15) is 39.7 Å². The maximum Gasteiger partial charge on any atom is 0.222 e. The number of hydrogen-bond acceptors (Lipinski definition) is 6. The third-order valence-electron chi connectivity index (χ3n) is 6.19. The summed E-state index contributed by atoms with van der Waals surface area (Å²) in [4.78, 5) is 2.29. The van der Waals surface area contributed by atoms with Gasteiger partial charge in [0.2, 0.25) is 5.88 Å². The summed E-state index contributed by atoms with van der Waals surface area (Å²) in [5.74, 6) is 2.59. The molecule has 3 rings (SSSR count). The van der Waals surface area contributed by atoms with Gasteiger partial charge in [-0.2, -0.15) is 5.10 Å². The van der Waals surface area contributed by atoms with Crippen molar-refractivity contribution < 1.29 is 19.3 Å². The molecule has 0 bridgehead atoms. The second-order valence-corrected chi connectivity index (χ2v) is 9.67. The lowest BCUT2D eigenvalue weighted by molar-refractivity contribution is 0.0000409. The van der Waals surface area contributed by atoms with Crippen molar-refractivity contribution in [3.05, 3.63) is 60.2 Å². The maximum absolute atomic E-state index is 10.8. The van der Waals surface area contributed by atoms with Gasteiger partial charge in [0.15, 0.2) is 0 Å². The molecule has 0 spiro atoms. The number of ether oxygens (including phenoxy) is 3. The Morgan fingerprint density at radius 3 is 2.25 bits per heavy atom. The van der Waals surface area contributed by atoms with E-state index in [1.54, 1.807) is 11.8 Å². The summed E-state index contributed by atoms with van der Waals surface area (Å²) in [6.07, 6.45) is 0.371. The molecular weight excluding hydrogens is 454 g/mol. The van der Waals surface area contributed by atoms with Gasteiger partial charge in [0, 0.05) is 38.3 Å². The summed E-state index contributed by atoms with van der Waals surface area (Å²) < 4.78 is 19.2. The van der Waals surface area contributed by atoms with Gasteiger partial charge in [-0.3, -0.25) is 4.90 Å². The molecule has 0 aliphatic carbocycles. The lowest BCUT2D eigenvalue weighted by Crippen LogP contribution is -2.40. The first-order chi connectivity index (χ1) is 17.3. The normalized spacial score (nSPS) is 13.2. The molecule has 2 aromatic carbocycles. The van der Waals surface area contributed by atoms with Crippen LogP contribution in [0.25, 0.3) is 11.3 Å². The first kappa shape index (κ1) is 27.7. The Morgan fingerprint density at radius 2 is 1.64 bits per heavy atom. The van der Waals surface area contributed by atoms with Crippen LogP contribution in [0, 0.1) is 5.92 Å². The molecule has 0 saturated heterocycles. The Labute approximate surface area is 215 Å². The van der Waals surface area contributed by atoms with Crippen molar-refractivity contribution in [1.82, 2.24) is 14.7 Å². The van der Waals surface area contributed by atoms with Gasteiger partial charge in [-0.25, -0.2) is 4.68 Å². The van der Waals surface area contributed by atoms with Gasteiger partial charge in [-0.1, -0.05) is 51.1 Å². The summed E-state index contributed by atoms with van der Waals surface area (Å²) in [7, 11) is 3.55. The highest BCUT2D eigenvalue weighted by molar-refractivity contribution is 5.65. The minimum Gasteiger partial charge on any atom is -0.497 e. The highest BCUT2D eigenvalue weighted by Crippen LogP contribution is 2.35. The minimum absolute atomic E-state index is 0.252. The zero-order valence-corrected chi connectivity index (χ0v) is 22.5. The minimum atomic E-state index is -0.583. The highest BCUT2D eigenvalue weighted by atomic mass is 16.5. The van der Waals surface area contributed by atoms with Crippen LogP contribution in [-0.4, -0.2) is 58.8 Å². The van der Waals surface area contributed by atoms with E-state index >= 15 is 0 Å². The van der Waals surface area contributed by atoms with Crippen molar-refractivity contribution in [2.45, 2.75) is 52.8 Å². The quantitative estimate of drug-likeness (QED) is 0.318. The number of methoxy groups -OCH3 is 1. The summed E-state index contributed by atoms with van der Waals surface area (Å²) in [6.45, 7) is 10.6. The number of benzene rings is 2. The van der Waals surface area contributed by atoms with E-state index in [1.807, 2.05) is 49.5 Å². The third kappa shape index (κ3) is 7.56. The number of hydrogen-bond donors (Lipinski definition) is 1. The van der Waals surface area contributed by atoms with Crippen molar-refractivity contribution in [3.63, 3.8) is 0 Å². The van der Waals surface area contributed by atoms with Crippen molar-refractivity contribution in [2.75, 3.05) is 26.9 Å². The molecule has 0 aliphatic rings. The molecule has 0 saturated carbocycles. The number of aliphatic hydroxyl groups excluding tert-OH is 1. The van der Waals surface area contributed by atoms with E-state index < -0.39 is 6.10 Å². The van der Waals surface area contributed by atoms with E-state index in [0.29, 0.717) is 43.9 Å². The first-order valence-corrected chi connectivity index (χ1v) is 12.7. The summed E-state index contributed by atoms with van der Waals surface area (Å²) >= 11 is 0. The van der Waals surface area contributed by atoms with Gasteiger partial charge in [0.05, 0.1) is 25.4 Å². The van der Waals surface area contributed by atoms with Crippen LogP contribution in [0.5, 0.6) is 17.4 Å². The molecule has 196 valence electrons. The fourth-order valence-electron chi connectivity index (χ4n) is 4.03. The van der Waals surface area contributed by atoms with E-state index in [-0.39, 0.29) is 6.04 Å². The van der Waals surface area contributed by atoms with E-state index in [1.165, 1.54) is 0 Å². The van der Waals surface area contributed by atoms with Crippen LogP contribution < -0.4 is 9.47 Å². The molecule has 1 heterocycles. The number of rotatable bonds is 14. The molecule has 1 N–H and O–H groups in total. The summed E-state index contributed by atoms with van der Waals surface area (Å²) in [5, 5.41) is 15.6. The van der Waals surface area contributed by atoms with E-state index in [9.17, 15) is 5.11 Å². The average Bonchev–Trinajstić information content (AvgIpc) is 3.18. The third-order valence-corrected chi connectivity index (χ3v) is 6.19. The number of aromatic nitrogens is 2. The number of aliphatic hydroxyl groups is 1. The van der Waals surface area contributed by atoms with Crippen molar-refractivity contribution in [2.24, 2.45) is 13.0 Å². The second-order valence-electron chi connectivity index (χ2n) is 9.67. The number of aryl methyl sites for hydroxylation is 1. The molecule has 3 aromatic rings. The highest BCUT2D eigenvalue weighted by Gasteiger charge is 2.25. The molecule has 7 nitrogen and oxygen atoms in total. The molecule has 0 unspecified atom stereocenters. The van der Waals surface area contributed by atoms with Crippen LogP contribution in [0.2, 0.25) is 0 Å². The van der Waals surface area contributed by atoms with Crippen molar-refractivity contribution in [3.8, 4) is 28.6 Å². The van der Waals surface area contributed by atoms with Crippen LogP contribution in [0.4, 0.5) is 0 Å². The smallest absolute Gasteiger partial charge is 0.222 e. The Balaban J connectivity index is 1.93. The molecule has 36 heavy (non-hydrogen) atoms. The fraction of sp³-hybridized carbons (Fsp3) is 0.483. The average molecular weight is 496 g/mol. The van der Waals surface area contributed by atoms with Crippen LogP contribution >= 0.6 is 0 Å². The van der Waals surface area contributed by atoms with E-state index in [0.717, 1.165) is 29.0 Å². The molecule has 0 aliphatic heterocycles. The first-order valence-electron chi connectivity index (χ1n) is 12.7. The molecule has 0 fully saturated rings.